The second-order valence-corrected chi connectivity index (χ2v) is 5.02. The van der Waals surface area contributed by atoms with Gasteiger partial charge in [-0.1, -0.05) is 6.07 Å². The number of rotatable bonds is 3. The molecule has 0 saturated carbocycles. The van der Waals surface area contributed by atoms with Gasteiger partial charge in [0.2, 0.25) is 0 Å². The van der Waals surface area contributed by atoms with Crippen LogP contribution in [0.25, 0.3) is 11.0 Å². The van der Waals surface area contributed by atoms with Crippen LogP contribution in [-0.4, -0.2) is 16.7 Å². The Balaban J connectivity index is 2.11. The first kappa shape index (κ1) is 13.8. The normalized spacial score (nSPS) is 11.0. The molecular formula is C15H12F2N2OS. The zero-order valence-electron chi connectivity index (χ0n) is 11.2. The molecular weight excluding hydrogens is 294 g/mol. The van der Waals surface area contributed by atoms with Crippen molar-refractivity contribution < 1.29 is 13.5 Å². The molecule has 0 aliphatic rings. The van der Waals surface area contributed by atoms with Gasteiger partial charge < -0.3 is 14.3 Å². The van der Waals surface area contributed by atoms with E-state index in [0.717, 1.165) is 17.1 Å². The van der Waals surface area contributed by atoms with Crippen molar-refractivity contribution in [3.8, 4) is 5.75 Å². The third-order valence-corrected chi connectivity index (χ3v) is 3.65. The van der Waals surface area contributed by atoms with Gasteiger partial charge in [0.15, 0.2) is 4.77 Å². The van der Waals surface area contributed by atoms with Crippen LogP contribution in [0.15, 0.2) is 36.4 Å². The topological polar surface area (TPSA) is 29.9 Å². The molecule has 21 heavy (non-hydrogen) atoms. The molecule has 2 aromatic carbocycles. The molecule has 0 aliphatic carbocycles. The number of methoxy groups -OCH3 is 1. The minimum Gasteiger partial charge on any atom is -0.497 e. The number of fused-ring (bicyclic) bond motifs is 1. The van der Waals surface area contributed by atoms with Crippen LogP contribution < -0.4 is 4.74 Å². The lowest BCUT2D eigenvalue weighted by molar-refractivity contribution is 0.415. The third-order valence-electron chi connectivity index (χ3n) is 3.33. The SMILES string of the molecule is COc1ccc2[nH]c(=S)n(Cc3ccc(F)cc3F)c2c1. The summed E-state index contributed by atoms with van der Waals surface area (Å²) in [6.07, 6.45) is 0. The smallest absolute Gasteiger partial charge is 0.178 e. The summed E-state index contributed by atoms with van der Waals surface area (Å²) in [5.74, 6) is -0.501. The summed E-state index contributed by atoms with van der Waals surface area (Å²) in [7, 11) is 1.58. The number of benzene rings is 2. The zero-order valence-corrected chi connectivity index (χ0v) is 12.0. The highest BCUT2D eigenvalue weighted by Gasteiger charge is 2.10. The zero-order chi connectivity index (χ0) is 15.0. The van der Waals surface area contributed by atoms with Gasteiger partial charge in [0.25, 0.3) is 0 Å². The van der Waals surface area contributed by atoms with E-state index in [1.807, 2.05) is 18.2 Å². The van der Waals surface area contributed by atoms with E-state index in [2.05, 4.69) is 4.98 Å². The fourth-order valence-corrected chi connectivity index (χ4v) is 2.51. The number of aromatic nitrogens is 2. The molecule has 3 nitrogen and oxygen atoms in total. The fourth-order valence-electron chi connectivity index (χ4n) is 2.24. The van der Waals surface area contributed by atoms with Gasteiger partial charge >= 0.3 is 0 Å². The summed E-state index contributed by atoms with van der Waals surface area (Å²) in [4.78, 5) is 3.06. The highest BCUT2D eigenvalue weighted by molar-refractivity contribution is 7.71. The molecule has 0 amide bonds. The van der Waals surface area contributed by atoms with Crippen LogP contribution in [0.3, 0.4) is 0 Å². The molecule has 0 bridgehead atoms. The van der Waals surface area contributed by atoms with Crippen molar-refractivity contribution in [2.75, 3.05) is 7.11 Å². The first-order chi connectivity index (χ1) is 10.1. The molecule has 0 saturated heterocycles. The Morgan fingerprint density at radius 1 is 1.19 bits per heavy atom. The maximum Gasteiger partial charge on any atom is 0.178 e. The summed E-state index contributed by atoms with van der Waals surface area (Å²) in [6, 6.07) is 9.01. The summed E-state index contributed by atoms with van der Waals surface area (Å²) in [6.45, 7) is 0.220. The lowest BCUT2D eigenvalue weighted by Crippen LogP contribution is -2.02. The second kappa shape index (κ2) is 5.29. The summed E-state index contributed by atoms with van der Waals surface area (Å²) in [5, 5.41) is 0. The van der Waals surface area contributed by atoms with E-state index in [4.69, 9.17) is 17.0 Å². The van der Waals surface area contributed by atoms with Crippen LogP contribution in [0.1, 0.15) is 5.56 Å². The number of imidazole rings is 1. The molecule has 1 heterocycles. The van der Waals surface area contributed by atoms with E-state index >= 15 is 0 Å². The molecule has 0 radical (unpaired) electrons. The van der Waals surface area contributed by atoms with Gasteiger partial charge in [0.1, 0.15) is 17.4 Å². The van der Waals surface area contributed by atoms with Crippen molar-refractivity contribution in [2.24, 2.45) is 0 Å². The summed E-state index contributed by atoms with van der Waals surface area (Å²) in [5.41, 5.74) is 2.02. The number of aromatic amines is 1. The Morgan fingerprint density at radius 3 is 2.71 bits per heavy atom. The van der Waals surface area contributed by atoms with Gasteiger partial charge in [-0.3, -0.25) is 0 Å². The number of ether oxygens (including phenoxy) is 1. The number of nitrogens with one attached hydrogen (secondary N) is 1. The molecule has 1 N–H and O–H groups in total. The van der Waals surface area contributed by atoms with Gasteiger partial charge in [0.05, 0.1) is 24.7 Å². The van der Waals surface area contributed by atoms with Crippen molar-refractivity contribution >= 4 is 23.3 Å². The van der Waals surface area contributed by atoms with Crippen LogP contribution >= 0.6 is 12.2 Å². The average molecular weight is 306 g/mol. The molecule has 0 fully saturated rings. The Labute approximate surface area is 124 Å². The third kappa shape index (κ3) is 2.54. The van der Waals surface area contributed by atoms with Crippen LogP contribution in [0, 0.1) is 16.4 Å². The monoisotopic (exact) mass is 306 g/mol. The van der Waals surface area contributed by atoms with Gasteiger partial charge in [-0.05, 0) is 30.4 Å². The maximum atomic E-state index is 13.8. The van der Waals surface area contributed by atoms with E-state index in [1.54, 1.807) is 11.7 Å². The number of nitrogens with zero attached hydrogens (tertiary/aromatic N) is 1. The number of hydrogen-bond donors (Lipinski definition) is 1. The Morgan fingerprint density at radius 2 is 2.00 bits per heavy atom. The standard InChI is InChI=1S/C15H12F2N2OS/c1-20-11-4-5-13-14(7-11)19(15(21)18-13)8-9-2-3-10(16)6-12(9)17/h2-7H,8H2,1H3,(H,18,21). The van der Waals surface area contributed by atoms with Gasteiger partial charge in [-0.15, -0.1) is 0 Å². The van der Waals surface area contributed by atoms with Crippen molar-refractivity contribution in [3.05, 3.63) is 58.4 Å². The second-order valence-electron chi connectivity index (χ2n) is 4.64. The highest BCUT2D eigenvalue weighted by Crippen LogP contribution is 2.22. The van der Waals surface area contributed by atoms with E-state index < -0.39 is 11.6 Å². The van der Waals surface area contributed by atoms with Crippen LogP contribution in [0.5, 0.6) is 5.75 Å². The quantitative estimate of drug-likeness (QED) is 0.740. The van der Waals surface area contributed by atoms with Crippen LogP contribution in [0.2, 0.25) is 0 Å². The van der Waals surface area contributed by atoms with Crippen molar-refractivity contribution in [2.45, 2.75) is 6.54 Å². The molecule has 0 spiro atoms. The van der Waals surface area contributed by atoms with Crippen molar-refractivity contribution in [1.29, 1.82) is 0 Å². The minimum absolute atomic E-state index is 0.220. The van der Waals surface area contributed by atoms with Gasteiger partial charge in [-0.2, -0.15) is 0 Å². The molecule has 3 aromatic rings. The first-order valence-electron chi connectivity index (χ1n) is 6.29. The molecule has 3 rings (SSSR count). The van der Waals surface area contributed by atoms with Crippen LogP contribution in [0.4, 0.5) is 8.78 Å². The van der Waals surface area contributed by atoms with Gasteiger partial charge in [-0.25, -0.2) is 8.78 Å². The summed E-state index contributed by atoms with van der Waals surface area (Å²) >= 11 is 5.27. The highest BCUT2D eigenvalue weighted by atomic mass is 32.1. The predicted octanol–water partition coefficient (Wildman–Crippen LogP) is 4.03. The first-order valence-corrected chi connectivity index (χ1v) is 6.70. The predicted molar refractivity (Wildman–Crippen MR) is 79.1 cm³/mol. The van der Waals surface area contributed by atoms with Crippen LogP contribution in [-0.2, 0) is 6.54 Å². The average Bonchev–Trinajstić information content (AvgIpc) is 2.77. The molecule has 0 aliphatic heterocycles. The molecule has 108 valence electrons. The molecule has 6 heteroatoms. The maximum absolute atomic E-state index is 13.8. The summed E-state index contributed by atoms with van der Waals surface area (Å²) < 4.78 is 34.2. The Kier molecular flexibility index (Phi) is 3.47. The van der Waals surface area contributed by atoms with E-state index in [9.17, 15) is 8.78 Å². The van der Waals surface area contributed by atoms with E-state index in [0.29, 0.717) is 16.1 Å². The van der Waals surface area contributed by atoms with Crippen molar-refractivity contribution in [3.63, 3.8) is 0 Å². The molecule has 0 unspecified atom stereocenters. The Hall–Kier alpha value is -2.21. The van der Waals surface area contributed by atoms with E-state index in [1.165, 1.54) is 12.1 Å². The molecule has 0 atom stereocenters. The number of hydrogen-bond acceptors (Lipinski definition) is 2. The van der Waals surface area contributed by atoms with E-state index in [-0.39, 0.29) is 6.54 Å². The number of halogens is 2. The number of H-pyrrole nitrogens is 1. The largest absolute Gasteiger partial charge is 0.497 e. The Bertz CT molecular complexity index is 870. The fraction of sp³-hybridized carbons (Fsp3) is 0.133. The molecule has 1 aromatic heterocycles. The minimum atomic E-state index is -0.597. The lowest BCUT2D eigenvalue weighted by atomic mass is 10.2. The lowest BCUT2D eigenvalue weighted by Gasteiger charge is -2.07. The van der Waals surface area contributed by atoms with Gasteiger partial charge in [0, 0.05) is 17.7 Å². The van der Waals surface area contributed by atoms with Crippen molar-refractivity contribution in [1.82, 2.24) is 9.55 Å².